The zero-order valence-electron chi connectivity index (χ0n) is 10.7. The zero-order valence-corrected chi connectivity index (χ0v) is 10.7. The summed E-state index contributed by atoms with van der Waals surface area (Å²) in [4.78, 5) is 33.5. The Morgan fingerprint density at radius 2 is 1.78 bits per heavy atom. The molecule has 0 aromatic heterocycles. The van der Waals surface area contributed by atoms with Gasteiger partial charge in [0.15, 0.2) is 0 Å². The predicted octanol–water partition coefficient (Wildman–Crippen LogP) is 1.47. The molecule has 0 aliphatic rings. The van der Waals surface area contributed by atoms with Crippen LogP contribution in [0.2, 0.25) is 0 Å². The quantitative estimate of drug-likeness (QED) is 0.454. The molecule has 0 saturated heterocycles. The molecule has 0 saturated carbocycles. The lowest BCUT2D eigenvalue weighted by Gasteiger charge is -2.11. The number of esters is 1. The first-order valence-electron chi connectivity index (χ1n) is 5.26. The lowest BCUT2D eigenvalue weighted by Crippen LogP contribution is -2.20. The van der Waals surface area contributed by atoms with E-state index in [1.165, 1.54) is 6.92 Å². The fourth-order valence-corrected chi connectivity index (χ4v) is 1.05. The molecule has 0 aromatic rings. The summed E-state index contributed by atoms with van der Waals surface area (Å²) in [6.45, 7) is 4.69. The van der Waals surface area contributed by atoms with Crippen LogP contribution in [0.1, 0.15) is 27.2 Å². The van der Waals surface area contributed by atoms with Gasteiger partial charge in [-0.05, 0) is 20.3 Å². The van der Waals surface area contributed by atoms with Gasteiger partial charge in [-0.15, -0.1) is 0 Å². The first kappa shape index (κ1) is 16.0. The Kier molecular flexibility index (Phi) is 6.48. The van der Waals surface area contributed by atoms with Crippen LogP contribution in [0.15, 0.2) is 11.3 Å². The molecule has 0 spiro atoms. The molecule has 1 N–H and O–H groups in total. The van der Waals surface area contributed by atoms with Gasteiger partial charge < -0.3 is 19.3 Å². The lowest BCUT2D eigenvalue weighted by molar-refractivity contribution is -0.140. The van der Waals surface area contributed by atoms with E-state index >= 15 is 0 Å². The van der Waals surface area contributed by atoms with E-state index in [0.29, 0.717) is 0 Å². The Bertz CT molecular complexity index is 368. The van der Waals surface area contributed by atoms with Crippen LogP contribution in [0.3, 0.4) is 0 Å². The molecule has 0 atom stereocenters. The molecule has 0 aliphatic heterocycles. The van der Waals surface area contributed by atoms with Crippen molar-refractivity contribution in [1.82, 2.24) is 0 Å². The fraction of sp³-hybridized carbons (Fsp3) is 0.545. The van der Waals surface area contributed by atoms with Crippen LogP contribution in [-0.4, -0.2) is 36.4 Å². The van der Waals surface area contributed by atoms with E-state index in [-0.39, 0.29) is 12.0 Å². The van der Waals surface area contributed by atoms with Crippen molar-refractivity contribution in [3.8, 4) is 0 Å². The van der Waals surface area contributed by atoms with E-state index < -0.39 is 30.0 Å². The highest BCUT2D eigenvalue weighted by molar-refractivity contribution is 5.99. The first-order valence-corrected chi connectivity index (χ1v) is 5.26. The van der Waals surface area contributed by atoms with Gasteiger partial charge in [0.25, 0.3) is 0 Å². The molecule has 7 heteroatoms. The Labute approximate surface area is 104 Å². The molecule has 0 bridgehead atoms. The highest BCUT2D eigenvalue weighted by atomic mass is 16.7. The summed E-state index contributed by atoms with van der Waals surface area (Å²) in [5.74, 6) is -3.19. The summed E-state index contributed by atoms with van der Waals surface area (Å²) in [5.41, 5.74) is -0.245. The van der Waals surface area contributed by atoms with Crippen LogP contribution in [0.4, 0.5) is 4.79 Å². The van der Waals surface area contributed by atoms with Gasteiger partial charge in [0.2, 0.25) is 5.76 Å². The number of rotatable bonds is 5. The van der Waals surface area contributed by atoms with Crippen molar-refractivity contribution in [3.05, 3.63) is 11.3 Å². The van der Waals surface area contributed by atoms with E-state index in [0.717, 1.165) is 7.11 Å². The zero-order chi connectivity index (χ0) is 14.3. The van der Waals surface area contributed by atoms with Crippen molar-refractivity contribution >= 4 is 18.1 Å². The van der Waals surface area contributed by atoms with Gasteiger partial charge in [-0.1, -0.05) is 6.92 Å². The second kappa shape index (κ2) is 7.31. The van der Waals surface area contributed by atoms with Gasteiger partial charge in [0, 0.05) is 0 Å². The molecule has 0 unspecified atom stereocenters. The second-order valence-electron chi connectivity index (χ2n) is 3.48. The fourth-order valence-electron chi connectivity index (χ4n) is 1.05. The molecule has 0 rings (SSSR count). The lowest BCUT2D eigenvalue weighted by atomic mass is 10.2. The molecule has 0 aliphatic carbocycles. The number of hydrogen-bond acceptors (Lipinski definition) is 6. The summed E-state index contributed by atoms with van der Waals surface area (Å²) in [7, 11) is 1.10. The maximum Gasteiger partial charge on any atom is 0.514 e. The molecular formula is C11H16O7. The molecule has 0 radical (unpaired) electrons. The molecule has 0 amide bonds. The summed E-state index contributed by atoms with van der Waals surface area (Å²) in [6.07, 6.45) is -1.60. The topological polar surface area (TPSA) is 99.1 Å². The summed E-state index contributed by atoms with van der Waals surface area (Å²) in [5, 5.41) is 8.90. The van der Waals surface area contributed by atoms with Crippen LogP contribution in [0, 0.1) is 0 Å². The third kappa shape index (κ3) is 4.86. The van der Waals surface area contributed by atoms with Crippen molar-refractivity contribution in [1.29, 1.82) is 0 Å². The Balaban J connectivity index is 5.17. The number of carbonyl (C=O) groups excluding carboxylic acids is 2. The average Bonchev–Trinajstić information content (AvgIpc) is 2.26. The van der Waals surface area contributed by atoms with Crippen molar-refractivity contribution < 1.29 is 33.7 Å². The third-order valence-corrected chi connectivity index (χ3v) is 1.77. The minimum atomic E-state index is -1.54. The van der Waals surface area contributed by atoms with E-state index in [1.807, 2.05) is 0 Å². The molecule has 0 aromatic carbocycles. The Morgan fingerprint density at radius 1 is 1.22 bits per heavy atom. The molecule has 7 nitrogen and oxygen atoms in total. The van der Waals surface area contributed by atoms with Gasteiger partial charge in [0.1, 0.15) is 0 Å². The number of methoxy groups -OCH3 is 1. The van der Waals surface area contributed by atoms with Crippen LogP contribution in [0.25, 0.3) is 0 Å². The van der Waals surface area contributed by atoms with E-state index in [4.69, 9.17) is 5.11 Å². The SMILES string of the molecule is CC/C(C(=O)OC)=C(\OC(=O)OC(C)C)C(=O)O. The molecule has 0 fully saturated rings. The number of carboxylic acid groups (broad SMARTS) is 1. The van der Waals surface area contributed by atoms with Crippen LogP contribution < -0.4 is 0 Å². The molecule has 0 heterocycles. The van der Waals surface area contributed by atoms with Crippen molar-refractivity contribution in [3.63, 3.8) is 0 Å². The van der Waals surface area contributed by atoms with E-state index in [2.05, 4.69) is 14.2 Å². The van der Waals surface area contributed by atoms with Crippen LogP contribution in [0.5, 0.6) is 0 Å². The second-order valence-corrected chi connectivity index (χ2v) is 3.48. The van der Waals surface area contributed by atoms with Gasteiger partial charge in [-0.25, -0.2) is 14.4 Å². The highest BCUT2D eigenvalue weighted by Gasteiger charge is 2.25. The standard InChI is InChI=1S/C11H16O7/c1-5-7(10(14)16-4)8(9(12)13)18-11(15)17-6(2)3/h6H,5H2,1-4H3,(H,12,13)/b8-7+. The third-order valence-electron chi connectivity index (χ3n) is 1.77. The predicted molar refractivity (Wildman–Crippen MR) is 59.7 cm³/mol. The summed E-state index contributed by atoms with van der Waals surface area (Å²) in [6, 6.07) is 0. The minimum Gasteiger partial charge on any atom is -0.475 e. The van der Waals surface area contributed by atoms with Gasteiger partial charge in [0.05, 0.1) is 18.8 Å². The van der Waals surface area contributed by atoms with E-state index in [1.54, 1.807) is 13.8 Å². The van der Waals surface area contributed by atoms with Crippen molar-refractivity contribution in [2.75, 3.05) is 7.11 Å². The number of ether oxygens (including phenoxy) is 3. The van der Waals surface area contributed by atoms with Crippen LogP contribution in [-0.2, 0) is 23.8 Å². The maximum absolute atomic E-state index is 11.3. The molecular weight excluding hydrogens is 244 g/mol. The molecule has 102 valence electrons. The highest BCUT2D eigenvalue weighted by Crippen LogP contribution is 2.14. The smallest absolute Gasteiger partial charge is 0.475 e. The normalized spacial score (nSPS) is 11.6. The number of carboxylic acids is 1. The minimum absolute atomic E-state index is 0.0449. The number of carbonyl (C=O) groups is 3. The Hall–Kier alpha value is -2.05. The Morgan fingerprint density at radius 3 is 2.11 bits per heavy atom. The molecule has 18 heavy (non-hydrogen) atoms. The number of aliphatic carboxylic acids is 1. The van der Waals surface area contributed by atoms with E-state index in [9.17, 15) is 14.4 Å². The largest absolute Gasteiger partial charge is 0.514 e. The first-order chi connectivity index (χ1) is 8.33. The van der Waals surface area contributed by atoms with Gasteiger partial charge >= 0.3 is 18.1 Å². The maximum atomic E-state index is 11.3. The monoisotopic (exact) mass is 260 g/mol. The van der Waals surface area contributed by atoms with Crippen molar-refractivity contribution in [2.24, 2.45) is 0 Å². The van der Waals surface area contributed by atoms with Crippen LogP contribution >= 0.6 is 0 Å². The summed E-state index contributed by atoms with van der Waals surface area (Å²) >= 11 is 0. The summed E-state index contributed by atoms with van der Waals surface area (Å²) < 4.78 is 13.5. The average molecular weight is 260 g/mol. The number of hydrogen-bond donors (Lipinski definition) is 1. The van der Waals surface area contributed by atoms with Crippen molar-refractivity contribution in [2.45, 2.75) is 33.3 Å². The van der Waals surface area contributed by atoms with Gasteiger partial charge in [-0.2, -0.15) is 0 Å². The van der Waals surface area contributed by atoms with Gasteiger partial charge in [-0.3, -0.25) is 0 Å².